The highest BCUT2D eigenvalue weighted by molar-refractivity contribution is 7.99. The van der Waals surface area contributed by atoms with Crippen LogP contribution in [0.4, 0.5) is 0 Å². The fourth-order valence-corrected chi connectivity index (χ4v) is 5.79. The first-order chi connectivity index (χ1) is 13.4. The number of ether oxygens (including phenoxy) is 1. The minimum absolute atomic E-state index is 0.200. The van der Waals surface area contributed by atoms with E-state index in [9.17, 15) is 9.59 Å². The van der Waals surface area contributed by atoms with Crippen molar-refractivity contribution < 1.29 is 19.2 Å². The van der Waals surface area contributed by atoms with Crippen molar-refractivity contribution in [2.24, 2.45) is 17.0 Å². The normalized spacial score (nSPS) is 30.5. The summed E-state index contributed by atoms with van der Waals surface area (Å²) in [5.41, 5.74) is 0.372. The SMILES string of the molecule is COC(=O)[C@@H]1C=C[C@H](NC(=O)C23CSCC2C(c2cc(Cl)cc(Cl)c2)=NO3)C1. The van der Waals surface area contributed by atoms with Crippen molar-refractivity contribution in [3.63, 3.8) is 0 Å². The van der Waals surface area contributed by atoms with Gasteiger partial charge in [0.25, 0.3) is 5.91 Å². The maximum absolute atomic E-state index is 13.1. The first-order valence-corrected chi connectivity index (χ1v) is 10.7. The molecular weight excluding hydrogens is 423 g/mol. The van der Waals surface area contributed by atoms with E-state index in [1.54, 1.807) is 36.0 Å². The number of methoxy groups -OCH3 is 1. The molecule has 2 unspecified atom stereocenters. The van der Waals surface area contributed by atoms with Crippen molar-refractivity contribution in [2.45, 2.75) is 18.1 Å². The number of rotatable bonds is 4. The zero-order valence-electron chi connectivity index (χ0n) is 15.0. The van der Waals surface area contributed by atoms with E-state index in [1.807, 2.05) is 6.08 Å². The molecule has 2 aliphatic heterocycles. The molecule has 0 aromatic heterocycles. The molecule has 0 spiro atoms. The second-order valence-electron chi connectivity index (χ2n) is 7.01. The molecule has 0 radical (unpaired) electrons. The third-order valence-electron chi connectivity index (χ3n) is 5.25. The van der Waals surface area contributed by atoms with Crippen LogP contribution >= 0.6 is 35.0 Å². The van der Waals surface area contributed by atoms with Gasteiger partial charge in [0.15, 0.2) is 0 Å². The van der Waals surface area contributed by atoms with Crippen LogP contribution in [0.15, 0.2) is 35.5 Å². The first kappa shape index (κ1) is 19.6. The van der Waals surface area contributed by atoms with Crippen LogP contribution in [0.1, 0.15) is 12.0 Å². The number of fused-ring (bicyclic) bond motifs is 1. The van der Waals surface area contributed by atoms with Crippen LogP contribution < -0.4 is 5.32 Å². The summed E-state index contributed by atoms with van der Waals surface area (Å²) in [6.45, 7) is 0. The van der Waals surface area contributed by atoms with Crippen molar-refractivity contribution >= 4 is 52.6 Å². The highest BCUT2D eigenvalue weighted by atomic mass is 35.5. The average Bonchev–Trinajstić information content (AvgIpc) is 3.35. The molecule has 1 aromatic rings. The summed E-state index contributed by atoms with van der Waals surface area (Å²) in [6.07, 6.45) is 4.06. The Morgan fingerprint density at radius 1 is 1.29 bits per heavy atom. The summed E-state index contributed by atoms with van der Waals surface area (Å²) in [7, 11) is 1.36. The third kappa shape index (κ3) is 3.40. The van der Waals surface area contributed by atoms with E-state index >= 15 is 0 Å². The Labute approximate surface area is 176 Å². The summed E-state index contributed by atoms with van der Waals surface area (Å²) < 4.78 is 4.77. The lowest BCUT2D eigenvalue weighted by Crippen LogP contribution is -2.54. The van der Waals surface area contributed by atoms with Crippen LogP contribution in [-0.2, 0) is 19.2 Å². The summed E-state index contributed by atoms with van der Waals surface area (Å²) in [5, 5.41) is 8.22. The highest BCUT2D eigenvalue weighted by Gasteiger charge is 2.58. The Kier molecular flexibility index (Phi) is 5.33. The van der Waals surface area contributed by atoms with E-state index in [-0.39, 0.29) is 29.8 Å². The molecule has 1 amide bonds. The van der Waals surface area contributed by atoms with E-state index in [0.29, 0.717) is 33.7 Å². The molecule has 1 saturated heterocycles. The number of oxime groups is 1. The van der Waals surface area contributed by atoms with Crippen LogP contribution in [0.25, 0.3) is 0 Å². The second-order valence-corrected chi connectivity index (χ2v) is 8.92. The number of halogens is 2. The molecule has 0 saturated carbocycles. The van der Waals surface area contributed by atoms with E-state index in [4.69, 9.17) is 32.8 Å². The summed E-state index contributed by atoms with van der Waals surface area (Å²) in [6, 6.07) is 4.95. The monoisotopic (exact) mass is 440 g/mol. The van der Waals surface area contributed by atoms with Gasteiger partial charge in [0.05, 0.1) is 24.7 Å². The predicted octanol–water partition coefficient (Wildman–Crippen LogP) is 3.06. The minimum Gasteiger partial charge on any atom is -0.469 e. The van der Waals surface area contributed by atoms with E-state index in [2.05, 4.69) is 10.5 Å². The van der Waals surface area contributed by atoms with Gasteiger partial charge in [0.1, 0.15) is 0 Å². The van der Waals surface area contributed by atoms with Crippen LogP contribution in [0.3, 0.4) is 0 Å². The number of carbonyl (C=O) groups excluding carboxylic acids is 2. The Bertz CT molecular complexity index is 870. The zero-order chi connectivity index (χ0) is 19.9. The van der Waals surface area contributed by atoms with Crippen LogP contribution in [0, 0.1) is 11.8 Å². The van der Waals surface area contributed by atoms with Gasteiger partial charge in [-0.1, -0.05) is 40.5 Å². The molecule has 4 atom stereocenters. The molecular formula is C19H18Cl2N2O4S. The summed E-state index contributed by atoms with van der Waals surface area (Å²) in [5.74, 6) is 0.138. The van der Waals surface area contributed by atoms with Crippen LogP contribution in [-0.4, -0.2) is 47.8 Å². The molecule has 0 bridgehead atoms. The molecule has 28 heavy (non-hydrogen) atoms. The number of thioether (sulfide) groups is 1. The lowest BCUT2D eigenvalue weighted by molar-refractivity contribution is -0.146. The maximum Gasteiger partial charge on any atom is 0.312 e. The fourth-order valence-electron chi connectivity index (χ4n) is 3.79. The third-order valence-corrected chi connectivity index (χ3v) is 6.89. The highest BCUT2D eigenvalue weighted by Crippen LogP contribution is 2.44. The van der Waals surface area contributed by atoms with Gasteiger partial charge in [-0.05, 0) is 24.6 Å². The number of esters is 1. The molecule has 148 valence electrons. The number of benzene rings is 1. The standard InChI is InChI=1S/C19H18Cl2N2O4S/c1-26-17(24)10-2-3-14(6-10)22-18(25)19-9-28-8-15(19)16(23-27-19)11-4-12(20)7-13(21)5-11/h2-5,7,10,14-15H,6,8-9H2,1H3,(H,22,25)/t10-,14+,15?,19?/m1/s1. The molecule has 1 fully saturated rings. The molecule has 9 heteroatoms. The Balaban J connectivity index is 1.50. The van der Waals surface area contributed by atoms with Gasteiger partial charge in [-0.3, -0.25) is 9.59 Å². The molecule has 2 heterocycles. The lowest BCUT2D eigenvalue weighted by Gasteiger charge is -2.26. The number of hydrogen-bond acceptors (Lipinski definition) is 6. The van der Waals surface area contributed by atoms with Gasteiger partial charge < -0.3 is 14.9 Å². The first-order valence-electron chi connectivity index (χ1n) is 8.80. The number of hydrogen-bond donors (Lipinski definition) is 1. The van der Waals surface area contributed by atoms with Crippen molar-refractivity contribution in [3.05, 3.63) is 46.0 Å². The molecule has 1 aromatic carbocycles. The Morgan fingerprint density at radius 3 is 2.75 bits per heavy atom. The molecule has 3 aliphatic rings. The lowest BCUT2D eigenvalue weighted by atomic mass is 9.84. The molecule has 1 N–H and O–H groups in total. The van der Waals surface area contributed by atoms with E-state index < -0.39 is 5.60 Å². The van der Waals surface area contributed by atoms with E-state index in [0.717, 1.165) is 5.56 Å². The van der Waals surface area contributed by atoms with Gasteiger partial charge in [-0.25, -0.2) is 0 Å². The summed E-state index contributed by atoms with van der Waals surface area (Å²) in [4.78, 5) is 30.6. The number of carbonyl (C=O) groups is 2. The average molecular weight is 441 g/mol. The van der Waals surface area contributed by atoms with Gasteiger partial charge in [0.2, 0.25) is 5.60 Å². The van der Waals surface area contributed by atoms with Crippen LogP contribution in [0.5, 0.6) is 0 Å². The van der Waals surface area contributed by atoms with Crippen molar-refractivity contribution in [1.82, 2.24) is 5.32 Å². The minimum atomic E-state index is -1.06. The molecule has 1 aliphatic carbocycles. The number of nitrogens with zero attached hydrogens (tertiary/aromatic N) is 1. The fraction of sp³-hybridized carbons (Fsp3) is 0.421. The molecule has 6 nitrogen and oxygen atoms in total. The van der Waals surface area contributed by atoms with Crippen molar-refractivity contribution in [3.8, 4) is 0 Å². The van der Waals surface area contributed by atoms with Gasteiger partial charge in [0, 0.05) is 33.2 Å². The smallest absolute Gasteiger partial charge is 0.312 e. The topological polar surface area (TPSA) is 77.0 Å². The Hall–Kier alpha value is -1.70. The van der Waals surface area contributed by atoms with Crippen LogP contribution in [0.2, 0.25) is 10.0 Å². The van der Waals surface area contributed by atoms with Crippen molar-refractivity contribution in [1.29, 1.82) is 0 Å². The van der Waals surface area contributed by atoms with Crippen molar-refractivity contribution in [2.75, 3.05) is 18.6 Å². The largest absolute Gasteiger partial charge is 0.469 e. The Morgan fingerprint density at radius 2 is 2.04 bits per heavy atom. The van der Waals surface area contributed by atoms with Gasteiger partial charge >= 0.3 is 5.97 Å². The quantitative estimate of drug-likeness (QED) is 0.574. The molecule has 4 rings (SSSR count). The summed E-state index contributed by atoms with van der Waals surface area (Å²) >= 11 is 13.9. The number of nitrogens with one attached hydrogen (secondary N) is 1. The second kappa shape index (κ2) is 7.61. The van der Waals surface area contributed by atoms with Gasteiger partial charge in [-0.15, -0.1) is 0 Å². The maximum atomic E-state index is 13.1. The zero-order valence-corrected chi connectivity index (χ0v) is 17.3. The number of amides is 1. The predicted molar refractivity (Wildman–Crippen MR) is 109 cm³/mol. The van der Waals surface area contributed by atoms with E-state index in [1.165, 1.54) is 7.11 Å². The van der Waals surface area contributed by atoms with Gasteiger partial charge in [-0.2, -0.15) is 11.8 Å².